The number of amides is 1. The Morgan fingerprint density at radius 1 is 1.24 bits per heavy atom. The van der Waals surface area contributed by atoms with Crippen molar-refractivity contribution in [3.63, 3.8) is 0 Å². The summed E-state index contributed by atoms with van der Waals surface area (Å²) < 4.78 is 5.35. The number of hydrogen-bond acceptors (Lipinski definition) is 4. The first-order valence-electron chi connectivity index (χ1n) is 8.69. The van der Waals surface area contributed by atoms with Crippen LogP contribution in [-0.4, -0.2) is 49.9 Å². The van der Waals surface area contributed by atoms with Gasteiger partial charge in [-0.3, -0.25) is 9.59 Å². The molecule has 0 aliphatic carbocycles. The Balaban J connectivity index is 0.00000225. The number of methoxy groups -OCH3 is 1. The Bertz CT molecular complexity index is 632. The summed E-state index contributed by atoms with van der Waals surface area (Å²) in [7, 11) is 1.59. The molecule has 1 aromatic carbocycles. The second-order valence-electron chi connectivity index (χ2n) is 7.07. The first-order valence-corrected chi connectivity index (χ1v) is 8.69. The molecule has 2 aliphatic heterocycles. The monoisotopic (exact) mass is 366 g/mol. The lowest BCUT2D eigenvalue weighted by Crippen LogP contribution is -2.44. The van der Waals surface area contributed by atoms with Crippen molar-refractivity contribution < 1.29 is 14.3 Å². The van der Waals surface area contributed by atoms with Crippen molar-refractivity contribution in [1.29, 1.82) is 0 Å². The van der Waals surface area contributed by atoms with E-state index in [0.717, 1.165) is 44.6 Å². The van der Waals surface area contributed by atoms with Crippen molar-refractivity contribution in [2.24, 2.45) is 5.41 Å². The second-order valence-corrected chi connectivity index (χ2v) is 7.07. The van der Waals surface area contributed by atoms with E-state index in [9.17, 15) is 9.59 Å². The van der Waals surface area contributed by atoms with Crippen LogP contribution >= 0.6 is 12.4 Å². The molecule has 5 nitrogen and oxygen atoms in total. The maximum absolute atomic E-state index is 12.7. The summed E-state index contributed by atoms with van der Waals surface area (Å²) in [6, 6.07) is 5.30. The molecule has 25 heavy (non-hydrogen) atoms. The molecule has 1 amide bonds. The highest BCUT2D eigenvalue weighted by Crippen LogP contribution is 2.37. The lowest BCUT2D eigenvalue weighted by molar-refractivity contribution is -0.132. The number of rotatable bonds is 4. The highest BCUT2D eigenvalue weighted by molar-refractivity contribution is 5.94. The van der Waals surface area contributed by atoms with Crippen LogP contribution in [0.1, 0.15) is 42.1 Å². The number of nitrogens with one attached hydrogen (secondary N) is 1. The number of ether oxygens (including phenoxy) is 1. The smallest absolute Gasteiger partial charge is 0.227 e. The third kappa shape index (κ3) is 4.33. The first kappa shape index (κ1) is 19.7. The molecule has 2 saturated heterocycles. The van der Waals surface area contributed by atoms with Crippen molar-refractivity contribution in [2.75, 3.05) is 33.3 Å². The van der Waals surface area contributed by atoms with E-state index in [0.29, 0.717) is 16.7 Å². The average molecular weight is 367 g/mol. The topological polar surface area (TPSA) is 58.6 Å². The van der Waals surface area contributed by atoms with Crippen LogP contribution in [0.5, 0.6) is 5.75 Å². The highest BCUT2D eigenvalue weighted by atomic mass is 35.5. The van der Waals surface area contributed by atoms with E-state index in [2.05, 4.69) is 5.32 Å². The Kier molecular flexibility index (Phi) is 6.47. The van der Waals surface area contributed by atoms with E-state index in [-0.39, 0.29) is 30.5 Å². The van der Waals surface area contributed by atoms with Gasteiger partial charge in [0.1, 0.15) is 5.75 Å². The number of piperidine rings is 1. The molecule has 2 fully saturated rings. The van der Waals surface area contributed by atoms with Gasteiger partial charge in [-0.25, -0.2) is 0 Å². The molecule has 1 aromatic rings. The zero-order valence-electron chi connectivity index (χ0n) is 15.0. The number of hydrogen-bond donors (Lipinski definition) is 1. The molecule has 138 valence electrons. The van der Waals surface area contributed by atoms with Crippen LogP contribution in [0.4, 0.5) is 0 Å². The van der Waals surface area contributed by atoms with Gasteiger partial charge in [-0.15, -0.1) is 12.4 Å². The maximum atomic E-state index is 12.7. The third-order valence-electron chi connectivity index (χ3n) is 5.54. The fourth-order valence-corrected chi connectivity index (χ4v) is 3.86. The predicted octanol–water partition coefficient (Wildman–Crippen LogP) is 2.46. The average Bonchev–Trinajstić information content (AvgIpc) is 3.03. The number of ketones is 1. The van der Waals surface area contributed by atoms with Crippen molar-refractivity contribution in [2.45, 2.75) is 32.6 Å². The highest BCUT2D eigenvalue weighted by Gasteiger charge is 2.38. The largest absolute Gasteiger partial charge is 0.496 e. The summed E-state index contributed by atoms with van der Waals surface area (Å²) in [4.78, 5) is 26.2. The number of likely N-dealkylation sites (tertiary alicyclic amines) is 1. The molecule has 6 heteroatoms. The lowest BCUT2D eigenvalue weighted by atomic mass is 9.78. The summed E-state index contributed by atoms with van der Waals surface area (Å²) >= 11 is 0. The van der Waals surface area contributed by atoms with Crippen LogP contribution in [0.15, 0.2) is 18.2 Å². The summed E-state index contributed by atoms with van der Waals surface area (Å²) in [5.41, 5.74) is 1.81. The molecule has 0 saturated carbocycles. The SMILES string of the molecule is COc1ccc(C(C)=O)cc1CC(=O)N1CCC2(CCNC2)CC1.Cl. The standard InChI is InChI=1S/C19H26N2O3.ClH/c1-14(22)15-3-4-17(24-2)16(11-15)12-18(23)21-9-6-19(7-10-21)5-8-20-13-19;/h3-4,11,20H,5-10,12-13H2,1-2H3;1H. The van der Waals surface area contributed by atoms with Gasteiger partial charge in [0.05, 0.1) is 13.5 Å². The molecule has 2 heterocycles. The second kappa shape index (κ2) is 8.19. The van der Waals surface area contributed by atoms with E-state index < -0.39 is 0 Å². The van der Waals surface area contributed by atoms with Crippen LogP contribution in [0.2, 0.25) is 0 Å². The van der Waals surface area contributed by atoms with E-state index in [1.807, 2.05) is 4.90 Å². The zero-order valence-corrected chi connectivity index (χ0v) is 15.8. The summed E-state index contributed by atoms with van der Waals surface area (Å²) in [5.74, 6) is 0.789. The Morgan fingerprint density at radius 3 is 2.52 bits per heavy atom. The molecular formula is C19H27ClN2O3. The van der Waals surface area contributed by atoms with Gasteiger partial charge in [0.25, 0.3) is 0 Å². The molecule has 0 unspecified atom stereocenters. The number of carbonyl (C=O) groups is 2. The fourth-order valence-electron chi connectivity index (χ4n) is 3.86. The minimum absolute atomic E-state index is 0. The molecule has 0 atom stereocenters. The summed E-state index contributed by atoms with van der Waals surface area (Å²) in [5, 5.41) is 3.45. The van der Waals surface area contributed by atoms with Gasteiger partial charge in [-0.05, 0) is 56.3 Å². The van der Waals surface area contributed by atoms with E-state index >= 15 is 0 Å². The molecular weight excluding hydrogens is 340 g/mol. The van der Waals surface area contributed by atoms with E-state index in [1.54, 1.807) is 25.3 Å². The van der Waals surface area contributed by atoms with Gasteiger partial charge in [-0.1, -0.05) is 0 Å². The van der Waals surface area contributed by atoms with Crippen molar-refractivity contribution >= 4 is 24.1 Å². The molecule has 1 spiro atoms. The quantitative estimate of drug-likeness (QED) is 0.832. The number of nitrogens with zero attached hydrogens (tertiary/aromatic N) is 1. The Hall–Kier alpha value is -1.59. The van der Waals surface area contributed by atoms with Crippen LogP contribution in [0.25, 0.3) is 0 Å². The minimum atomic E-state index is -0.000000229. The number of Topliss-reactive ketones (excluding diaryl/α,β-unsaturated/α-hetero) is 1. The first-order chi connectivity index (χ1) is 11.5. The van der Waals surface area contributed by atoms with E-state index in [4.69, 9.17) is 4.74 Å². The number of benzene rings is 1. The molecule has 0 radical (unpaired) electrons. The van der Waals surface area contributed by atoms with Crippen LogP contribution < -0.4 is 10.1 Å². The number of carbonyl (C=O) groups excluding carboxylic acids is 2. The van der Waals surface area contributed by atoms with Gasteiger partial charge in [0, 0.05) is 30.8 Å². The molecule has 3 rings (SSSR count). The number of halogens is 1. The predicted molar refractivity (Wildman–Crippen MR) is 99.7 cm³/mol. The van der Waals surface area contributed by atoms with Gasteiger partial charge in [0.15, 0.2) is 5.78 Å². The zero-order chi connectivity index (χ0) is 17.2. The third-order valence-corrected chi connectivity index (χ3v) is 5.54. The van der Waals surface area contributed by atoms with Crippen molar-refractivity contribution in [3.8, 4) is 5.75 Å². The van der Waals surface area contributed by atoms with Gasteiger partial charge in [0.2, 0.25) is 5.91 Å². The fraction of sp³-hybridized carbons (Fsp3) is 0.579. The lowest BCUT2D eigenvalue weighted by Gasteiger charge is -2.39. The van der Waals surface area contributed by atoms with Crippen molar-refractivity contribution in [3.05, 3.63) is 29.3 Å². The Labute approximate surface area is 155 Å². The molecule has 1 N–H and O–H groups in total. The molecule has 0 bridgehead atoms. The maximum Gasteiger partial charge on any atom is 0.227 e. The normalized spacial score (nSPS) is 18.7. The summed E-state index contributed by atoms with van der Waals surface area (Å²) in [6.45, 7) is 5.38. The van der Waals surface area contributed by atoms with E-state index in [1.165, 1.54) is 13.3 Å². The van der Waals surface area contributed by atoms with Gasteiger partial charge >= 0.3 is 0 Å². The molecule has 0 aromatic heterocycles. The van der Waals surface area contributed by atoms with Crippen LogP contribution in [0.3, 0.4) is 0 Å². The minimum Gasteiger partial charge on any atom is -0.496 e. The summed E-state index contributed by atoms with van der Waals surface area (Å²) in [6.07, 6.45) is 3.67. The Morgan fingerprint density at radius 2 is 1.96 bits per heavy atom. The van der Waals surface area contributed by atoms with Crippen LogP contribution in [-0.2, 0) is 11.2 Å². The van der Waals surface area contributed by atoms with Crippen molar-refractivity contribution in [1.82, 2.24) is 10.2 Å². The molecule has 2 aliphatic rings. The van der Waals surface area contributed by atoms with Crippen LogP contribution in [0, 0.1) is 5.41 Å². The van der Waals surface area contributed by atoms with Gasteiger partial charge < -0.3 is 15.0 Å². The van der Waals surface area contributed by atoms with Gasteiger partial charge in [-0.2, -0.15) is 0 Å².